The lowest BCUT2D eigenvalue weighted by atomic mass is 9.90. The number of likely N-dealkylation sites (tertiary alicyclic amines) is 1. The highest BCUT2D eigenvalue weighted by molar-refractivity contribution is 5.92. The first-order valence-electron chi connectivity index (χ1n) is 7.82. The molecular formula is C17H24N2O3. The number of carbonyl (C=O) groups is 2. The molecule has 0 aromatic heterocycles. The molecule has 1 aliphatic rings. The monoisotopic (exact) mass is 304 g/mol. The Morgan fingerprint density at radius 2 is 2.14 bits per heavy atom. The second-order valence-corrected chi connectivity index (χ2v) is 6.17. The Bertz CT molecular complexity index is 544. The highest BCUT2D eigenvalue weighted by Crippen LogP contribution is 2.21. The van der Waals surface area contributed by atoms with E-state index < -0.39 is 5.97 Å². The van der Waals surface area contributed by atoms with Crippen molar-refractivity contribution in [2.45, 2.75) is 26.7 Å². The normalized spacial score (nSPS) is 22.3. The average molecular weight is 304 g/mol. The Hall–Kier alpha value is -1.88. The fourth-order valence-electron chi connectivity index (χ4n) is 3.04. The Labute approximate surface area is 131 Å². The predicted molar refractivity (Wildman–Crippen MR) is 85.8 cm³/mol. The number of carboxylic acid groups (broad SMARTS) is 1. The molecular weight excluding hydrogens is 280 g/mol. The number of carboxylic acids is 1. The van der Waals surface area contributed by atoms with Crippen molar-refractivity contribution >= 4 is 17.6 Å². The first-order valence-corrected chi connectivity index (χ1v) is 7.82. The van der Waals surface area contributed by atoms with Crippen molar-refractivity contribution in [1.29, 1.82) is 0 Å². The van der Waals surface area contributed by atoms with Crippen LogP contribution >= 0.6 is 0 Å². The fraction of sp³-hybridized carbons (Fsp3) is 0.529. The molecule has 0 saturated carbocycles. The van der Waals surface area contributed by atoms with Crippen LogP contribution in [0.5, 0.6) is 0 Å². The van der Waals surface area contributed by atoms with Gasteiger partial charge in [-0.2, -0.15) is 0 Å². The molecule has 5 heteroatoms. The highest BCUT2D eigenvalue weighted by Gasteiger charge is 2.30. The summed E-state index contributed by atoms with van der Waals surface area (Å²) < 4.78 is 0. The number of piperidine rings is 1. The third-order valence-corrected chi connectivity index (χ3v) is 4.07. The Balaban J connectivity index is 1.92. The molecule has 0 spiro atoms. The topological polar surface area (TPSA) is 69.6 Å². The van der Waals surface area contributed by atoms with Crippen LogP contribution in [-0.4, -0.2) is 41.5 Å². The molecule has 2 atom stereocenters. The number of rotatable bonds is 5. The van der Waals surface area contributed by atoms with E-state index in [9.17, 15) is 14.7 Å². The molecule has 1 heterocycles. The van der Waals surface area contributed by atoms with Gasteiger partial charge in [-0.15, -0.1) is 0 Å². The standard InChI is InChI=1S/C17H24N2O3/c1-3-13-5-4-6-15(8-13)18-16(20)11-19-9-12(2)7-14(10-19)17(21)22/h4-6,8,12,14H,3,7,9-11H2,1-2H3,(H,18,20)(H,21,22). The number of hydrogen-bond acceptors (Lipinski definition) is 3. The largest absolute Gasteiger partial charge is 0.481 e. The van der Waals surface area contributed by atoms with E-state index in [-0.39, 0.29) is 18.4 Å². The summed E-state index contributed by atoms with van der Waals surface area (Å²) in [6.45, 7) is 5.56. The minimum absolute atomic E-state index is 0.0912. The zero-order valence-corrected chi connectivity index (χ0v) is 13.2. The first kappa shape index (κ1) is 16.5. The summed E-state index contributed by atoms with van der Waals surface area (Å²) in [6, 6.07) is 7.80. The molecule has 1 aromatic rings. The number of aliphatic carboxylic acids is 1. The quantitative estimate of drug-likeness (QED) is 0.875. The number of nitrogens with zero attached hydrogens (tertiary/aromatic N) is 1. The van der Waals surface area contributed by atoms with Gasteiger partial charge >= 0.3 is 5.97 Å². The molecule has 0 radical (unpaired) electrons. The molecule has 0 aliphatic carbocycles. The van der Waals surface area contributed by atoms with Crippen LogP contribution in [-0.2, 0) is 16.0 Å². The number of anilines is 1. The lowest BCUT2D eigenvalue weighted by Gasteiger charge is -2.34. The van der Waals surface area contributed by atoms with Gasteiger partial charge in [0.05, 0.1) is 12.5 Å². The first-order chi connectivity index (χ1) is 10.5. The van der Waals surface area contributed by atoms with E-state index in [1.54, 1.807) is 0 Å². The van der Waals surface area contributed by atoms with E-state index in [1.165, 1.54) is 5.56 Å². The molecule has 0 bridgehead atoms. The molecule has 1 aromatic carbocycles. The van der Waals surface area contributed by atoms with Crippen LogP contribution in [0.25, 0.3) is 0 Å². The van der Waals surface area contributed by atoms with E-state index in [4.69, 9.17) is 0 Å². The summed E-state index contributed by atoms with van der Waals surface area (Å²) in [5.41, 5.74) is 1.97. The maximum atomic E-state index is 12.2. The maximum absolute atomic E-state index is 12.2. The van der Waals surface area contributed by atoms with Crippen molar-refractivity contribution in [3.63, 3.8) is 0 Å². The lowest BCUT2D eigenvalue weighted by molar-refractivity contribution is -0.144. The van der Waals surface area contributed by atoms with Crippen LogP contribution in [0.15, 0.2) is 24.3 Å². The zero-order valence-electron chi connectivity index (χ0n) is 13.2. The summed E-state index contributed by atoms with van der Waals surface area (Å²) >= 11 is 0. The van der Waals surface area contributed by atoms with Gasteiger partial charge in [-0.1, -0.05) is 26.0 Å². The number of nitrogens with one attached hydrogen (secondary N) is 1. The molecule has 5 nitrogen and oxygen atoms in total. The minimum Gasteiger partial charge on any atom is -0.481 e. The molecule has 120 valence electrons. The van der Waals surface area contributed by atoms with Crippen LogP contribution in [0.1, 0.15) is 25.8 Å². The number of hydrogen-bond donors (Lipinski definition) is 2. The molecule has 2 N–H and O–H groups in total. The fourth-order valence-corrected chi connectivity index (χ4v) is 3.04. The van der Waals surface area contributed by atoms with Crippen LogP contribution in [0.3, 0.4) is 0 Å². The molecule has 22 heavy (non-hydrogen) atoms. The van der Waals surface area contributed by atoms with E-state index in [1.807, 2.05) is 36.1 Å². The van der Waals surface area contributed by atoms with Gasteiger partial charge in [0.2, 0.25) is 5.91 Å². The molecule has 1 aliphatic heterocycles. The molecule has 1 amide bonds. The molecule has 1 saturated heterocycles. The van der Waals surface area contributed by atoms with Crippen molar-refractivity contribution in [2.24, 2.45) is 11.8 Å². The van der Waals surface area contributed by atoms with Gasteiger partial charge in [0.1, 0.15) is 0 Å². The number of aryl methyl sites for hydroxylation is 1. The third-order valence-electron chi connectivity index (χ3n) is 4.07. The second kappa shape index (κ2) is 7.40. The lowest BCUT2D eigenvalue weighted by Crippen LogP contribution is -2.45. The van der Waals surface area contributed by atoms with Crippen molar-refractivity contribution in [3.05, 3.63) is 29.8 Å². The summed E-state index contributed by atoms with van der Waals surface area (Å²) in [7, 11) is 0. The number of benzene rings is 1. The SMILES string of the molecule is CCc1cccc(NC(=O)CN2CC(C)CC(C(=O)O)C2)c1. The average Bonchev–Trinajstić information content (AvgIpc) is 2.46. The third kappa shape index (κ3) is 4.56. The second-order valence-electron chi connectivity index (χ2n) is 6.17. The Morgan fingerprint density at radius 3 is 2.82 bits per heavy atom. The molecule has 2 unspecified atom stereocenters. The van der Waals surface area contributed by atoms with Gasteiger partial charge < -0.3 is 10.4 Å². The van der Waals surface area contributed by atoms with Gasteiger partial charge in [-0.05, 0) is 36.5 Å². The van der Waals surface area contributed by atoms with Crippen molar-refractivity contribution in [2.75, 3.05) is 25.0 Å². The van der Waals surface area contributed by atoms with Crippen molar-refractivity contribution < 1.29 is 14.7 Å². The van der Waals surface area contributed by atoms with Gasteiger partial charge in [-0.25, -0.2) is 0 Å². The van der Waals surface area contributed by atoms with Crippen LogP contribution in [0.4, 0.5) is 5.69 Å². The van der Waals surface area contributed by atoms with Crippen LogP contribution < -0.4 is 5.32 Å². The van der Waals surface area contributed by atoms with E-state index >= 15 is 0 Å². The van der Waals surface area contributed by atoms with Crippen molar-refractivity contribution in [3.8, 4) is 0 Å². The van der Waals surface area contributed by atoms with Crippen LogP contribution in [0.2, 0.25) is 0 Å². The summed E-state index contributed by atoms with van der Waals surface area (Å²) in [5, 5.41) is 12.1. The minimum atomic E-state index is -0.771. The van der Waals surface area contributed by atoms with Gasteiger partial charge in [-0.3, -0.25) is 14.5 Å². The van der Waals surface area contributed by atoms with E-state index in [2.05, 4.69) is 12.2 Å². The summed E-state index contributed by atoms with van der Waals surface area (Å²) in [5.74, 6) is -0.940. The Kier molecular flexibility index (Phi) is 5.55. The van der Waals surface area contributed by atoms with Gasteiger partial charge in [0.15, 0.2) is 0 Å². The zero-order chi connectivity index (χ0) is 16.1. The predicted octanol–water partition coefficient (Wildman–Crippen LogP) is 2.23. The summed E-state index contributed by atoms with van der Waals surface area (Å²) in [4.78, 5) is 25.3. The van der Waals surface area contributed by atoms with Crippen LogP contribution in [0, 0.1) is 11.8 Å². The smallest absolute Gasteiger partial charge is 0.307 e. The number of amides is 1. The van der Waals surface area contributed by atoms with E-state index in [0.29, 0.717) is 18.9 Å². The van der Waals surface area contributed by atoms with Gasteiger partial charge in [0, 0.05) is 18.8 Å². The Morgan fingerprint density at radius 1 is 1.36 bits per heavy atom. The van der Waals surface area contributed by atoms with E-state index in [0.717, 1.165) is 18.7 Å². The summed E-state index contributed by atoms with van der Waals surface area (Å²) in [6.07, 6.45) is 1.61. The maximum Gasteiger partial charge on any atom is 0.307 e. The van der Waals surface area contributed by atoms with Crippen molar-refractivity contribution in [1.82, 2.24) is 4.90 Å². The number of carbonyl (C=O) groups excluding carboxylic acids is 1. The van der Waals surface area contributed by atoms with Gasteiger partial charge in [0.25, 0.3) is 0 Å². The molecule has 2 rings (SSSR count). The highest BCUT2D eigenvalue weighted by atomic mass is 16.4. The molecule has 1 fully saturated rings.